The molecule has 1 N–H and O–H groups in total. The molecule has 1 unspecified atom stereocenters. The van der Waals surface area contributed by atoms with E-state index in [4.69, 9.17) is 9.47 Å². The van der Waals surface area contributed by atoms with Crippen molar-refractivity contribution in [2.24, 2.45) is 0 Å². The number of esters is 1. The largest absolute Gasteiger partial charge is 0.497 e. The highest BCUT2D eigenvalue weighted by molar-refractivity contribution is 5.81. The summed E-state index contributed by atoms with van der Waals surface area (Å²) in [6.45, 7) is 0. The summed E-state index contributed by atoms with van der Waals surface area (Å²) in [5.74, 6) is 1.03. The lowest BCUT2D eigenvalue weighted by Crippen LogP contribution is -2.01. The van der Waals surface area contributed by atoms with Crippen LogP contribution in [0.4, 0.5) is 0 Å². The number of rotatable bonds is 3. The van der Waals surface area contributed by atoms with E-state index in [0.717, 1.165) is 16.9 Å². The lowest BCUT2D eigenvalue weighted by Gasteiger charge is -2.13. The predicted molar refractivity (Wildman–Crippen MR) is 72.8 cm³/mol. The molecule has 1 aliphatic heterocycles. The number of ether oxygens (including phenoxy) is 2. The van der Waals surface area contributed by atoms with Crippen molar-refractivity contribution in [1.29, 1.82) is 0 Å². The van der Waals surface area contributed by atoms with Crippen LogP contribution < -0.4 is 9.47 Å². The number of hydrogen-bond donors (Lipinski definition) is 1. The maximum absolute atomic E-state index is 11.2. The smallest absolute Gasteiger partial charge is 0.315 e. The Kier molecular flexibility index (Phi) is 3.16. The van der Waals surface area contributed by atoms with Gasteiger partial charge < -0.3 is 14.6 Å². The molecule has 2 aromatic carbocycles. The van der Waals surface area contributed by atoms with Gasteiger partial charge in [0.25, 0.3) is 0 Å². The average molecular weight is 270 g/mol. The molecular formula is C16H14O4. The lowest BCUT2D eigenvalue weighted by molar-refractivity contribution is -0.131. The van der Waals surface area contributed by atoms with Gasteiger partial charge in [0.2, 0.25) is 0 Å². The zero-order chi connectivity index (χ0) is 14.1. The van der Waals surface area contributed by atoms with Crippen LogP contribution in [0.25, 0.3) is 0 Å². The van der Waals surface area contributed by atoms with Crippen molar-refractivity contribution < 1.29 is 19.4 Å². The minimum absolute atomic E-state index is 0.254. The van der Waals surface area contributed by atoms with Gasteiger partial charge in [0, 0.05) is 5.56 Å². The van der Waals surface area contributed by atoms with Crippen LogP contribution in [-0.4, -0.2) is 18.2 Å². The van der Waals surface area contributed by atoms with Crippen LogP contribution in [0.5, 0.6) is 11.5 Å². The van der Waals surface area contributed by atoms with E-state index in [2.05, 4.69) is 0 Å². The SMILES string of the molecule is COc1ccc(C(O)c2ccc3c(c2)OC(=O)C3)cc1. The van der Waals surface area contributed by atoms with Crippen LogP contribution >= 0.6 is 0 Å². The Bertz CT molecular complexity index is 646. The van der Waals surface area contributed by atoms with Crippen LogP contribution in [0.3, 0.4) is 0 Å². The molecule has 1 atom stereocenters. The molecule has 0 saturated heterocycles. The molecule has 0 radical (unpaired) electrons. The first kappa shape index (κ1) is 12.7. The van der Waals surface area contributed by atoms with Gasteiger partial charge in [-0.1, -0.05) is 24.3 Å². The summed E-state index contributed by atoms with van der Waals surface area (Å²) in [6, 6.07) is 12.6. The van der Waals surface area contributed by atoms with Gasteiger partial charge in [0.15, 0.2) is 0 Å². The molecule has 0 saturated carbocycles. The molecule has 3 rings (SSSR count). The summed E-state index contributed by atoms with van der Waals surface area (Å²) >= 11 is 0. The summed E-state index contributed by atoms with van der Waals surface area (Å²) in [6.07, 6.45) is -0.459. The highest BCUT2D eigenvalue weighted by atomic mass is 16.5. The van der Waals surface area contributed by atoms with Gasteiger partial charge in [-0.05, 0) is 29.3 Å². The molecule has 4 nitrogen and oxygen atoms in total. The van der Waals surface area contributed by atoms with Crippen molar-refractivity contribution in [3.8, 4) is 11.5 Å². The molecular weight excluding hydrogens is 256 g/mol. The monoisotopic (exact) mass is 270 g/mol. The Morgan fingerprint density at radius 3 is 2.55 bits per heavy atom. The van der Waals surface area contributed by atoms with Crippen molar-refractivity contribution in [2.45, 2.75) is 12.5 Å². The van der Waals surface area contributed by atoms with Gasteiger partial charge in [-0.3, -0.25) is 4.79 Å². The van der Waals surface area contributed by atoms with E-state index in [1.807, 2.05) is 24.3 Å². The van der Waals surface area contributed by atoms with Gasteiger partial charge in [-0.15, -0.1) is 0 Å². The summed E-state index contributed by atoms with van der Waals surface area (Å²) in [5, 5.41) is 10.4. The third-order valence-electron chi connectivity index (χ3n) is 3.40. The van der Waals surface area contributed by atoms with Gasteiger partial charge in [0.1, 0.15) is 17.6 Å². The number of hydrogen-bond acceptors (Lipinski definition) is 4. The molecule has 0 fully saturated rings. The first-order chi connectivity index (χ1) is 9.67. The molecule has 0 spiro atoms. The number of benzene rings is 2. The fourth-order valence-electron chi connectivity index (χ4n) is 2.28. The molecule has 0 bridgehead atoms. The van der Waals surface area contributed by atoms with E-state index < -0.39 is 6.10 Å². The second-order valence-corrected chi connectivity index (χ2v) is 4.69. The molecule has 4 heteroatoms. The minimum atomic E-state index is -0.759. The summed E-state index contributed by atoms with van der Waals surface area (Å²) in [4.78, 5) is 11.2. The Morgan fingerprint density at radius 1 is 1.15 bits per heavy atom. The zero-order valence-corrected chi connectivity index (χ0v) is 11.0. The Morgan fingerprint density at radius 2 is 1.85 bits per heavy atom. The van der Waals surface area contributed by atoms with E-state index in [9.17, 15) is 9.90 Å². The standard InChI is InChI=1S/C16H14O4/c1-19-13-6-4-10(5-7-13)16(18)12-3-2-11-9-15(17)20-14(11)8-12/h2-8,16,18H,9H2,1H3. The number of carbonyl (C=O) groups is 1. The van der Waals surface area contributed by atoms with Gasteiger partial charge in [-0.2, -0.15) is 0 Å². The summed E-state index contributed by atoms with van der Waals surface area (Å²) < 4.78 is 10.2. The molecule has 1 aliphatic rings. The van der Waals surface area contributed by atoms with Crippen LogP contribution in [0.2, 0.25) is 0 Å². The molecule has 0 aromatic heterocycles. The first-order valence-corrected chi connectivity index (χ1v) is 6.33. The van der Waals surface area contributed by atoms with Crippen LogP contribution in [-0.2, 0) is 11.2 Å². The summed E-state index contributed by atoms with van der Waals surface area (Å²) in [5.41, 5.74) is 2.32. The second-order valence-electron chi connectivity index (χ2n) is 4.69. The maximum Gasteiger partial charge on any atom is 0.315 e. The van der Waals surface area contributed by atoms with Crippen molar-refractivity contribution in [2.75, 3.05) is 7.11 Å². The first-order valence-electron chi connectivity index (χ1n) is 6.33. The Labute approximate surface area is 116 Å². The third-order valence-corrected chi connectivity index (χ3v) is 3.40. The fourth-order valence-corrected chi connectivity index (χ4v) is 2.28. The molecule has 2 aromatic rings. The predicted octanol–water partition coefficient (Wildman–Crippen LogP) is 2.24. The van der Waals surface area contributed by atoms with Gasteiger partial charge >= 0.3 is 5.97 Å². The van der Waals surface area contributed by atoms with Crippen molar-refractivity contribution in [3.63, 3.8) is 0 Å². The van der Waals surface area contributed by atoms with Crippen LogP contribution in [0, 0.1) is 0 Å². The van der Waals surface area contributed by atoms with E-state index >= 15 is 0 Å². The Balaban J connectivity index is 1.88. The van der Waals surface area contributed by atoms with E-state index in [1.165, 1.54) is 0 Å². The maximum atomic E-state index is 11.2. The summed E-state index contributed by atoms with van der Waals surface area (Å²) in [7, 11) is 1.60. The zero-order valence-electron chi connectivity index (χ0n) is 11.0. The second kappa shape index (κ2) is 4.98. The van der Waals surface area contributed by atoms with E-state index in [-0.39, 0.29) is 5.97 Å². The molecule has 20 heavy (non-hydrogen) atoms. The van der Waals surface area contributed by atoms with Crippen LogP contribution in [0.15, 0.2) is 42.5 Å². The van der Waals surface area contributed by atoms with Crippen LogP contribution in [0.1, 0.15) is 22.8 Å². The topological polar surface area (TPSA) is 55.8 Å². The number of fused-ring (bicyclic) bond motifs is 1. The highest BCUT2D eigenvalue weighted by Crippen LogP contribution is 2.31. The number of methoxy groups -OCH3 is 1. The molecule has 102 valence electrons. The van der Waals surface area contributed by atoms with E-state index in [1.54, 1.807) is 25.3 Å². The van der Waals surface area contributed by atoms with Crippen molar-refractivity contribution in [3.05, 3.63) is 59.2 Å². The normalized spacial score (nSPS) is 14.6. The van der Waals surface area contributed by atoms with Crippen molar-refractivity contribution in [1.82, 2.24) is 0 Å². The quantitative estimate of drug-likeness (QED) is 0.686. The molecule has 1 heterocycles. The number of aliphatic hydroxyl groups excluding tert-OH is 1. The highest BCUT2D eigenvalue weighted by Gasteiger charge is 2.22. The third kappa shape index (κ3) is 2.26. The van der Waals surface area contributed by atoms with Gasteiger partial charge in [0.05, 0.1) is 13.5 Å². The lowest BCUT2D eigenvalue weighted by atomic mass is 9.99. The molecule has 0 aliphatic carbocycles. The Hall–Kier alpha value is -2.33. The van der Waals surface area contributed by atoms with E-state index in [0.29, 0.717) is 17.7 Å². The fraction of sp³-hybridized carbons (Fsp3) is 0.188. The number of carbonyl (C=O) groups excluding carboxylic acids is 1. The van der Waals surface area contributed by atoms with Gasteiger partial charge in [-0.25, -0.2) is 0 Å². The molecule has 0 amide bonds. The average Bonchev–Trinajstić information content (AvgIpc) is 2.85. The minimum Gasteiger partial charge on any atom is -0.497 e. The van der Waals surface area contributed by atoms with Crippen molar-refractivity contribution >= 4 is 5.97 Å². The number of aliphatic hydroxyl groups is 1.